The number of carbonyl (C=O) groups excluding carboxylic acids is 2. The van der Waals surface area contributed by atoms with Gasteiger partial charge in [0.15, 0.2) is 11.5 Å². The molecule has 2 N–H and O–H groups in total. The van der Waals surface area contributed by atoms with E-state index in [0.29, 0.717) is 67.3 Å². The molecule has 0 bridgehead atoms. The number of anilines is 2. The fourth-order valence-corrected chi connectivity index (χ4v) is 7.63. The zero-order chi connectivity index (χ0) is 40.4. The van der Waals surface area contributed by atoms with Crippen molar-refractivity contribution in [2.75, 3.05) is 55.3 Å². The highest BCUT2D eigenvalue weighted by atomic mass is 32.2. The average molecular weight is 815 g/mol. The molecule has 11 nitrogen and oxygen atoms in total. The molecule has 57 heavy (non-hydrogen) atoms. The molecule has 2 heterocycles. The van der Waals surface area contributed by atoms with Crippen LogP contribution < -0.4 is 19.7 Å². The molecule has 0 atom stereocenters. The van der Waals surface area contributed by atoms with Crippen molar-refractivity contribution in [3.05, 3.63) is 137 Å². The fraction of sp³-hybridized carbons (Fsp3) is 0.220. The number of piperazine rings is 1. The number of nitrogens with one attached hydrogen (secondary N) is 2. The summed E-state index contributed by atoms with van der Waals surface area (Å²) in [6.07, 6.45) is -4.87. The van der Waals surface area contributed by atoms with Crippen LogP contribution in [-0.4, -0.2) is 80.4 Å². The van der Waals surface area contributed by atoms with Crippen LogP contribution in [0.3, 0.4) is 0 Å². The lowest BCUT2D eigenvalue weighted by Crippen LogP contribution is -2.49. The molecule has 0 radical (unpaired) electrons. The van der Waals surface area contributed by atoms with E-state index in [1.165, 1.54) is 23.9 Å². The van der Waals surface area contributed by atoms with Gasteiger partial charge in [0.25, 0.3) is 21.8 Å². The Balaban J connectivity index is 1.04. The highest BCUT2D eigenvalue weighted by molar-refractivity contribution is 7.99. The molecule has 294 valence electrons. The molecule has 0 spiro atoms. The van der Waals surface area contributed by atoms with Crippen molar-refractivity contribution in [1.82, 2.24) is 19.8 Å². The molecule has 4 aromatic carbocycles. The fourth-order valence-electron chi connectivity index (χ4n) is 5.86. The number of rotatable bonds is 12. The third-order valence-electron chi connectivity index (χ3n) is 8.68. The van der Waals surface area contributed by atoms with Gasteiger partial charge in [-0.05, 0) is 79.7 Å². The molecule has 0 saturated carbocycles. The molecule has 0 aliphatic carbocycles. The minimum absolute atomic E-state index is 0.173. The lowest BCUT2D eigenvalue weighted by atomic mass is 10.1. The molecular weight excluding hydrogens is 778 g/mol. The minimum Gasteiger partial charge on any atom is -0.494 e. The van der Waals surface area contributed by atoms with Gasteiger partial charge >= 0.3 is 6.18 Å². The number of thioether (sulfide) groups is 1. The zero-order valence-corrected chi connectivity index (χ0v) is 32.3. The maximum atomic E-state index is 14.0. The van der Waals surface area contributed by atoms with E-state index >= 15 is 0 Å². The number of aromatic nitrogens is 2. The first-order valence-corrected chi connectivity index (χ1v) is 20.3. The Hall–Kier alpha value is -6.05. The van der Waals surface area contributed by atoms with Crippen LogP contribution in [0.15, 0.2) is 119 Å². The predicted octanol–water partition coefficient (Wildman–Crippen LogP) is 6.58. The summed E-state index contributed by atoms with van der Waals surface area (Å²) in [7, 11) is -4.72. The van der Waals surface area contributed by atoms with Gasteiger partial charge in [0, 0.05) is 60.2 Å². The van der Waals surface area contributed by atoms with Crippen LogP contribution in [0.5, 0.6) is 5.75 Å². The van der Waals surface area contributed by atoms with Crippen LogP contribution in [0.1, 0.15) is 44.5 Å². The Morgan fingerprint density at radius 2 is 1.61 bits per heavy atom. The lowest BCUT2D eigenvalue weighted by molar-refractivity contribution is -0.137. The van der Waals surface area contributed by atoms with Crippen LogP contribution in [0.25, 0.3) is 0 Å². The largest absolute Gasteiger partial charge is 0.494 e. The van der Waals surface area contributed by atoms with Gasteiger partial charge in [0.2, 0.25) is 0 Å². The Morgan fingerprint density at radius 1 is 0.860 bits per heavy atom. The standard InChI is InChI=1S/C41H37F3N6O5S2/c1-2-55-31-11-8-9-29(27-31)15-16-30-10-6-7-14-34(30)40(52)50-24-22-49(23-25-50)38-20-19-37(46-47-38)39(51)48-57(53,54)33-17-18-36(35(28-33)41(42,43)44)45-21-26-56-32-12-4-3-5-13-32/h3-14,17-20,27-28,45H,2,21-26H2,1H3,(H,48,51). The van der Waals surface area contributed by atoms with Crippen molar-refractivity contribution in [2.24, 2.45) is 0 Å². The molecule has 0 unspecified atom stereocenters. The van der Waals surface area contributed by atoms with Gasteiger partial charge in [-0.1, -0.05) is 48.2 Å². The number of halogens is 3. The first-order chi connectivity index (χ1) is 27.4. The van der Waals surface area contributed by atoms with Crippen LogP contribution in [-0.2, 0) is 16.2 Å². The Kier molecular flexibility index (Phi) is 13.0. The summed E-state index contributed by atoms with van der Waals surface area (Å²) in [4.78, 5) is 30.3. The SMILES string of the molecule is CCOc1cccc(C#Cc2ccccc2C(=O)N2CCN(c3ccc(C(=O)NS(=O)(=O)c4ccc(NCCSc5ccccc5)c(C(F)(F)F)c4)nn3)CC2)c1. The summed E-state index contributed by atoms with van der Waals surface area (Å²) in [6, 6.07) is 29.2. The molecule has 1 aromatic heterocycles. The van der Waals surface area contributed by atoms with Crippen molar-refractivity contribution in [1.29, 1.82) is 0 Å². The normalized spacial score (nSPS) is 13.0. The van der Waals surface area contributed by atoms with Gasteiger partial charge < -0.3 is 19.9 Å². The smallest absolute Gasteiger partial charge is 0.418 e. The summed E-state index contributed by atoms with van der Waals surface area (Å²) >= 11 is 1.46. The molecule has 2 amide bonds. The van der Waals surface area contributed by atoms with Crippen molar-refractivity contribution in [2.45, 2.75) is 22.9 Å². The molecular formula is C41H37F3N6O5S2. The predicted molar refractivity (Wildman–Crippen MR) is 212 cm³/mol. The van der Waals surface area contributed by atoms with Crippen LogP contribution >= 0.6 is 11.8 Å². The molecule has 1 saturated heterocycles. The second-order valence-corrected chi connectivity index (χ2v) is 15.4. The maximum Gasteiger partial charge on any atom is 0.418 e. The van der Waals surface area contributed by atoms with Gasteiger partial charge in [-0.25, -0.2) is 13.1 Å². The van der Waals surface area contributed by atoms with E-state index in [1.807, 2.05) is 72.5 Å². The monoisotopic (exact) mass is 814 g/mol. The minimum atomic E-state index is -4.87. The third kappa shape index (κ3) is 10.6. The summed E-state index contributed by atoms with van der Waals surface area (Å²) < 4.78 is 75.5. The van der Waals surface area contributed by atoms with Gasteiger partial charge in [-0.3, -0.25) is 9.59 Å². The van der Waals surface area contributed by atoms with Crippen LogP contribution in [0.2, 0.25) is 0 Å². The van der Waals surface area contributed by atoms with Crippen molar-refractivity contribution >= 4 is 45.1 Å². The van der Waals surface area contributed by atoms with E-state index in [9.17, 15) is 31.2 Å². The summed E-state index contributed by atoms with van der Waals surface area (Å²) in [5.74, 6) is 6.45. The Morgan fingerprint density at radius 3 is 2.33 bits per heavy atom. The van der Waals surface area contributed by atoms with E-state index in [2.05, 4.69) is 27.4 Å². The second-order valence-electron chi connectivity index (χ2n) is 12.5. The number of benzene rings is 4. The molecule has 6 rings (SSSR count). The average Bonchev–Trinajstić information content (AvgIpc) is 3.22. The number of ether oxygens (including phenoxy) is 1. The number of hydrogen-bond acceptors (Lipinski definition) is 10. The van der Waals surface area contributed by atoms with E-state index in [-0.39, 0.29) is 23.8 Å². The molecule has 16 heteroatoms. The van der Waals surface area contributed by atoms with Gasteiger partial charge in [-0.15, -0.1) is 22.0 Å². The highest BCUT2D eigenvalue weighted by Gasteiger charge is 2.35. The van der Waals surface area contributed by atoms with Crippen molar-refractivity contribution < 1.29 is 35.9 Å². The van der Waals surface area contributed by atoms with E-state index < -0.39 is 32.6 Å². The zero-order valence-electron chi connectivity index (χ0n) is 30.6. The molecule has 1 fully saturated rings. The number of amides is 2. The van der Waals surface area contributed by atoms with Gasteiger partial charge in [-0.2, -0.15) is 13.2 Å². The first kappa shape index (κ1) is 40.6. The first-order valence-electron chi connectivity index (χ1n) is 17.8. The molecule has 1 aliphatic heterocycles. The van der Waals surface area contributed by atoms with Crippen molar-refractivity contribution in [3.8, 4) is 17.6 Å². The Labute approximate surface area is 332 Å². The summed E-state index contributed by atoms with van der Waals surface area (Å²) in [5, 5.41) is 10.7. The third-order valence-corrected chi connectivity index (χ3v) is 11.0. The van der Waals surface area contributed by atoms with Gasteiger partial charge in [0.05, 0.1) is 22.6 Å². The maximum absolute atomic E-state index is 14.0. The number of nitrogens with zero attached hydrogens (tertiary/aromatic N) is 4. The van der Waals surface area contributed by atoms with E-state index in [4.69, 9.17) is 4.74 Å². The summed E-state index contributed by atoms with van der Waals surface area (Å²) in [5.41, 5.74) is -0.0168. The number of sulfonamides is 1. The lowest BCUT2D eigenvalue weighted by Gasteiger charge is -2.35. The summed E-state index contributed by atoms with van der Waals surface area (Å²) in [6.45, 7) is 4.15. The second kappa shape index (κ2) is 18.3. The molecule has 5 aromatic rings. The number of alkyl halides is 3. The quantitative estimate of drug-likeness (QED) is 0.0809. The van der Waals surface area contributed by atoms with E-state index in [1.54, 1.807) is 27.8 Å². The Bertz CT molecular complexity index is 2380. The topological polar surface area (TPSA) is 134 Å². The number of hydrogen-bond donors (Lipinski definition) is 2. The van der Waals surface area contributed by atoms with Crippen molar-refractivity contribution in [3.63, 3.8) is 0 Å². The van der Waals surface area contributed by atoms with Crippen LogP contribution in [0.4, 0.5) is 24.7 Å². The number of carbonyl (C=O) groups is 2. The van der Waals surface area contributed by atoms with E-state index in [0.717, 1.165) is 22.6 Å². The molecule has 1 aliphatic rings. The van der Waals surface area contributed by atoms with Crippen LogP contribution in [0, 0.1) is 11.8 Å². The highest BCUT2D eigenvalue weighted by Crippen LogP contribution is 2.36. The van der Waals surface area contributed by atoms with Gasteiger partial charge in [0.1, 0.15) is 5.75 Å².